The molecular weight excluding hydrogens is 340 g/mol. The number of para-hydroxylation sites is 1. The Bertz CT molecular complexity index is 614. The SMILES string of the molecule is COc1ccccc1CN1CCN(C(=O)NC[C@@H]2CCCN2C(C)C)CC1. The zero-order valence-corrected chi connectivity index (χ0v) is 17.0. The summed E-state index contributed by atoms with van der Waals surface area (Å²) in [7, 11) is 1.71. The number of ether oxygens (including phenoxy) is 1. The molecule has 2 fully saturated rings. The van der Waals surface area contributed by atoms with Gasteiger partial charge in [-0.25, -0.2) is 4.79 Å². The molecule has 27 heavy (non-hydrogen) atoms. The number of hydrogen-bond donors (Lipinski definition) is 1. The van der Waals surface area contributed by atoms with E-state index in [0.717, 1.165) is 51.6 Å². The molecule has 2 heterocycles. The molecule has 6 nitrogen and oxygen atoms in total. The lowest BCUT2D eigenvalue weighted by molar-refractivity contribution is 0.131. The quantitative estimate of drug-likeness (QED) is 0.831. The van der Waals surface area contributed by atoms with Gasteiger partial charge in [0.25, 0.3) is 0 Å². The third kappa shape index (κ3) is 5.14. The molecule has 0 unspecified atom stereocenters. The topological polar surface area (TPSA) is 48.1 Å². The van der Waals surface area contributed by atoms with Crippen molar-refractivity contribution in [3.63, 3.8) is 0 Å². The van der Waals surface area contributed by atoms with Crippen LogP contribution in [0.2, 0.25) is 0 Å². The average molecular weight is 375 g/mol. The van der Waals surface area contributed by atoms with Gasteiger partial charge >= 0.3 is 6.03 Å². The second kappa shape index (κ2) is 9.42. The van der Waals surface area contributed by atoms with Gasteiger partial charge in [0.15, 0.2) is 0 Å². The van der Waals surface area contributed by atoms with E-state index in [9.17, 15) is 4.79 Å². The number of piperazine rings is 1. The maximum absolute atomic E-state index is 12.6. The normalized spacial score (nSPS) is 21.6. The molecule has 1 atom stereocenters. The van der Waals surface area contributed by atoms with E-state index >= 15 is 0 Å². The Balaban J connectivity index is 1.43. The molecule has 0 aliphatic carbocycles. The summed E-state index contributed by atoms with van der Waals surface area (Å²) >= 11 is 0. The molecule has 1 aromatic carbocycles. The summed E-state index contributed by atoms with van der Waals surface area (Å²) in [6, 6.07) is 9.28. The predicted molar refractivity (Wildman–Crippen MR) is 108 cm³/mol. The minimum Gasteiger partial charge on any atom is -0.496 e. The van der Waals surface area contributed by atoms with Gasteiger partial charge in [-0.2, -0.15) is 0 Å². The Morgan fingerprint density at radius 2 is 1.93 bits per heavy atom. The third-order valence-electron chi connectivity index (χ3n) is 5.82. The summed E-state index contributed by atoms with van der Waals surface area (Å²) in [4.78, 5) is 19.4. The van der Waals surface area contributed by atoms with E-state index in [-0.39, 0.29) is 6.03 Å². The number of nitrogens with one attached hydrogen (secondary N) is 1. The second-order valence-corrected chi connectivity index (χ2v) is 7.89. The first kappa shape index (κ1) is 20.0. The van der Waals surface area contributed by atoms with Gasteiger partial charge in [-0.3, -0.25) is 9.80 Å². The van der Waals surface area contributed by atoms with Crippen LogP contribution in [0.25, 0.3) is 0 Å². The molecule has 1 N–H and O–H groups in total. The van der Waals surface area contributed by atoms with Gasteiger partial charge in [0.1, 0.15) is 5.75 Å². The van der Waals surface area contributed by atoms with Crippen LogP contribution in [0.4, 0.5) is 4.79 Å². The Morgan fingerprint density at radius 3 is 2.63 bits per heavy atom. The third-order valence-corrected chi connectivity index (χ3v) is 5.82. The fourth-order valence-corrected chi connectivity index (χ4v) is 4.26. The molecule has 2 amide bonds. The average Bonchev–Trinajstić information content (AvgIpc) is 3.16. The lowest BCUT2D eigenvalue weighted by Crippen LogP contribution is -2.53. The Morgan fingerprint density at radius 1 is 1.19 bits per heavy atom. The highest BCUT2D eigenvalue weighted by molar-refractivity contribution is 5.74. The maximum atomic E-state index is 12.6. The van der Waals surface area contributed by atoms with Gasteiger partial charge in [-0.15, -0.1) is 0 Å². The molecule has 0 radical (unpaired) electrons. The Kier molecular flexibility index (Phi) is 6.96. The van der Waals surface area contributed by atoms with Crippen molar-refractivity contribution in [3.05, 3.63) is 29.8 Å². The number of hydrogen-bond acceptors (Lipinski definition) is 4. The van der Waals surface area contributed by atoms with Gasteiger partial charge in [0.2, 0.25) is 0 Å². The fraction of sp³-hybridized carbons (Fsp3) is 0.667. The first-order chi connectivity index (χ1) is 13.1. The Labute approximate surface area is 163 Å². The van der Waals surface area contributed by atoms with Crippen LogP contribution in [0.1, 0.15) is 32.3 Å². The van der Waals surface area contributed by atoms with E-state index in [1.165, 1.54) is 18.4 Å². The van der Waals surface area contributed by atoms with Crippen molar-refractivity contribution in [2.24, 2.45) is 0 Å². The van der Waals surface area contributed by atoms with Gasteiger partial charge in [0, 0.05) is 56.9 Å². The summed E-state index contributed by atoms with van der Waals surface area (Å²) in [5.74, 6) is 0.934. The summed E-state index contributed by atoms with van der Waals surface area (Å²) in [6.45, 7) is 10.6. The van der Waals surface area contributed by atoms with E-state index in [1.54, 1.807) is 7.11 Å². The molecule has 3 rings (SSSR count). The van der Waals surface area contributed by atoms with Crippen molar-refractivity contribution in [2.75, 3.05) is 46.4 Å². The van der Waals surface area contributed by atoms with E-state index in [4.69, 9.17) is 4.74 Å². The van der Waals surface area contributed by atoms with Crippen LogP contribution < -0.4 is 10.1 Å². The number of amides is 2. The summed E-state index contributed by atoms with van der Waals surface area (Å²) in [5.41, 5.74) is 1.20. The van der Waals surface area contributed by atoms with Crippen molar-refractivity contribution in [1.29, 1.82) is 0 Å². The zero-order chi connectivity index (χ0) is 19.2. The number of rotatable bonds is 6. The van der Waals surface area contributed by atoms with Crippen LogP contribution in [0.15, 0.2) is 24.3 Å². The number of likely N-dealkylation sites (tertiary alicyclic amines) is 1. The standard InChI is InChI=1S/C21H34N4O2/c1-17(2)25-10-6-8-19(25)15-22-21(26)24-13-11-23(12-14-24)16-18-7-4-5-9-20(18)27-3/h4-5,7,9,17,19H,6,8,10-16H2,1-3H3,(H,22,26)/t19-/m0/s1. The van der Waals surface area contributed by atoms with Gasteiger partial charge < -0.3 is 15.0 Å². The maximum Gasteiger partial charge on any atom is 0.317 e. The fourth-order valence-electron chi connectivity index (χ4n) is 4.26. The number of nitrogens with zero attached hydrogens (tertiary/aromatic N) is 3. The largest absolute Gasteiger partial charge is 0.496 e. The zero-order valence-electron chi connectivity index (χ0n) is 17.0. The van der Waals surface area contributed by atoms with E-state index in [1.807, 2.05) is 23.1 Å². The van der Waals surface area contributed by atoms with Crippen LogP contribution in [0.3, 0.4) is 0 Å². The molecule has 0 saturated carbocycles. The number of carbonyl (C=O) groups is 1. The lowest BCUT2D eigenvalue weighted by Gasteiger charge is -2.35. The first-order valence-corrected chi connectivity index (χ1v) is 10.2. The summed E-state index contributed by atoms with van der Waals surface area (Å²) in [6.07, 6.45) is 2.42. The molecule has 1 aromatic rings. The van der Waals surface area contributed by atoms with Crippen molar-refractivity contribution in [2.45, 2.75) is 45.3 Å². The first-order valence-electron chi connectivity index (χ1n) is 10.2. The molecule has 150 valence electrons. The molecule has 0 spiro atoms. The second-order valence-electron chi connectivity index (χ2n) is 7.89. The molecule has 2 aliphatic heterocycles. The minimum atomic E-state index is 0.0857. The highest BCUT2D eigenvalue weighted by Crippen LogP contribution is 2.21. The molecule has 6 heteroatoms. The van der Waals surface area contributed by atoms with E-state index in [2.05, 4.69) is 35.0 Å². The highest BCUT2D eigenvalue weighted by Gasteiger charge is 2.28. The van der Waals surface area contributed by atoms with Gasteiger partial charge in [0.05, 0.1) is 7.11 Å². The molecular formula is C21H34N4O2. The van der Waals surface area contributed by atoms with Crippen molar-refractivity contribution < 1.29 is 9.53 Å². The van der Waals surface area contributed by atoms with Gasteiger partial charge in [-0.1, -0.05) is 18.2 Å². The monoisotopic (exact) mass is 374 g/mol. The molecule has 2 aliphatic rings. The predicted octanol–water partition coefficient (Wildman–Crippen LogP) is 2.40. The number of benzene rings is 1. The highest BCUT2D eigenvalue weighted by atomic mass is 16.5. The summed E-state index contributed by atoms with van der Waals surface area (Å²) < 4.78 is 5.45. The van der Waals surface area contributed by atoms with Gasteiger partial charge in [-0.05, 0) is 39.3 Å². The van der Waals surface area contributed by atoms with E-state index < -0.39 is 0 Å². The number of carbonyl (C=O) groups excluding carboxylic acids is 1. The summed E-state index contributed by atoms with van der Waals surface area (Å²) in [5, 5.41) is 3.17. The molecule has 0 bridgehead atoms. The van der Waals surface area contributed by atoms with E-state index in [0.29, 0.717) is 12.1 Å². The number of methoxy groups -OCH3 is 1. The molecule has 0 aromatic heterocycles. The van der Waals surface area contributed by atoms with Crippen LogP contribution >= 0.6 is 0 Å². The van der Waals surface area contributed by atoms with Crippen LogP contribution in [-0.4, -0.2) is 79.2 Å². The van der Waals surface area contributed by atoms with Crippen molar-refractivity contribution in [3.8, 4) is 5.75 Å². The number of urea groups is 1. The lowest BCUT2D eigenvalue weighted by atomic mass is 10.1. The smallest absolute Gasteiger partial charge is 0.317 e. The van der Waals surface area contributed by atoms with Crippen LogP contribution in [0.5, 0.6) is 5.75 Å². The Hall–Kier alpha value is -1.79. The van der Waals surface area contributed by atoms with Crippen molar-refractivity contribution in [1.82, 2.24) is 20.0 Å². The minimum absolute atomic E-state index is 0.0857. The van der Waals surface area contributed by atoms with Crippen LogP contribution in [0, 0.1) is 0 Å². The van der Waals surface area contributed by atoms with Crippen LogP contribution in [-0.2, 0) is 6.54 Å². The molecule has 2 saturated heterocycles. The van der Waals surface area contributed by atoms with Crippen molar-refractivity contribution >= 4 is 6.03 Å².